The van der Waals surface area contributed by atoms with E-state index >= 15 is 0 Å². The molecule has 3 heterocycles. The molecular formula is C27H19F3N4O. The number of benzene rings is 2. The topological polar surface area (TPSA) is 59.3 Å². The predicted molar refractivity (Wildman–Crippen MR) is 128 cm³/mol. The van der Waals surface area contributed by atoms with E-state index in [1.807, 2.05) is 6.07 Å². The second-order valence-corrected chi connectivity index (χ2v) is 8.14. The third-order valence-electron chi connectivity index (χ3n) is 5.82. The van der Waals surface area contributed by atoms with Crippen LogP contribution in [0.3, 0.4) is 0 Å². The minimum Gasteiger partial charge on any atom is -0.322 e. The third kappa shape index (κ3) is 4.03. The van der Waals surface area contributed by atoms with Crippen LogP contribution < -0.4 is 5.32 Å². The zero-order valence-corrected chi connectivity index (χ0v) is 18.8. The SMILES string of the molecule is Cc1cc(NC(=O)c2cc(-c3cccn4c(-c5cccc(F)c5F)ncc34)cnc2C)ccc1F. The van der Waals surface area contributed by atoms with Crippen molar-refractivity contribution in [1.29, 1.82) is 0 Å². The Bertz CT molecular complexity index is 1610. The van der Waals surface area contributed by atoms with Gasteiger partial charge in [0.2, 0.25) is 0 Å². The highest BCUT2D eigenvalue weighted by Gasteiger charge is 2.18. The number of pyridine rings is 2. The van der Waals surface area contributed by atoms with Crippen molar-refractivity contribution in [2.75, 3.05) is 5.32 Å². The number of hydrogen-bond acceptors (Lipinski definition) is 3. The van der Waals surface area contributed by atoms with Gasteiger partial charge in [-0.2, -0.15) is 0 Å². The number of hydrogen-bond donors (Lipinski definition) is 1. The monoisotopic (exact) mass is 472 g/mol. The first-order valence-electron chi connectivity index (χ1n) is 10.8. The van der Waals surface area contributed by atoms with Crippen LogP contribution in [0, 0.1) is 31.3 Å². The molecule has 3 aromatic heterocycles. The number of amides is 1. The van der Waals surface area contributed by atoms with Gasteiger partial charge < -0.3 is 5.32 Å². The molecule has 0 saturated carbocycles. The van der Waals surface area contributed by atoms with Gasteiger partial charge in [-0.25, -0.2) is 18.2 Å². The van der Waals surface area contributed by atoms with Gasteiger partial charge in [0.15, 0.2) is 11.6 Å². The zero-order valence-electron chi connectivity index (χ0n) is 18.8. The number of aromatic nitrogens is 3. The molecule has 0 saturated heterocycles. The first kappa shape index (κ1) is 22.3. The Balaban J connectivity index is 1.55. The van der Waals surface area contributed by atoms with Crippen LogP contribution in [0.1, 0.15) is 21.6 Å². The van der Waals surface area contributed by atoms with E-state index in [-0.39, 0.29) is 23.1 Å². The van der Waals surface area contributed by atoms with Gasteiger partial charge >= 0.3 is 0 Å². The van der Waals surface area contributed by atoms with Gasteiger partial charge in [0.25, 0.3) is 5.91 Å². The summed E-state index contributed by atoms with van der Waals surface area (Å²) in [5, 5.41) is 2.78. The van der Waals surface area contributed by atoms with Crippen LogP contribution in [0.4, 0.5) is 18.9 Å². The van der Waals surface area contributed by atoms with E-state index in [0.29, 0.717) is 39.2 Å². The summed E-state index contributed by atoms with van der Waals surface area (Å²) in [7, 11) is 0. The number of imidazole rings is 1. The van der Waals surface area contributed by atoms with Crippen LogP contribution in [0.2, 0.25) is 0 Å². The average Bonchev–Trinajstić information content (AvgIpc) is 3.27. The van der Waals surface area contributed by atoms with E-state index < -0.39 is 11.6 Å². The lowest BCUT2D eigenvalue weighted by molar-refractivity contribution is 0.102. The fraction of sp³-hybridized carbons (Fsp3) is 0.0741. The molecule has 8 heteroatoms. The van der Waals surface area contributed by atoms with E-state index in [4.69, 9.17) is 0 Å². The molecule has 0 atom stereocenters. The molecule has 2 aromatic carbocycles. The minimum absolute atomic E-state index is 0.0406. The van der Waals surface area contributed by atoms with Crippen LogP contribution in [-0.4, -0.2) is 20.3 Å². The van der Waals surface area contributed by atoms with Crippen molar-refractivity contribution >= 4 is 17.1 Å². The molecule has 0 fully saturated rings. The molecule has 0 aliphatic carbocycles. The maximum atomic E-state index is 14.4. The Morgan fingerprint density at radius 3 is 2.49 bits per heavy atom. The predicted octanol–water partition coefficient (Wildman–Crippen LogP) is 6.35. The maximum absolute atomic E-state index is 14.4. The van der Waals surface area contributed by atoms with Crippen molar-refractivity contribution in [1.82, 2.24) is 14.4 Å². The first-order valence-corrected chi connectivity index (χ1v) is 10.8. The van der Waals surface area contributed by atoms with Gasteiger partial charge in [-0.15, -0.1) is 0 Å². The van der Waals surface area contributed by atoms with Gasteiger partial charge in [0.05, 0.1) is 28.5 Å². The van der Waals surface area contributed by atoms with Crippen molar-refractivity contribution in [3.63, 3.8) is 0 Å². The van der Waals surface area contributed by atoms with Crippen LogP contribution in [0.5, 0.6) is 0 Å². The number of rotatable bonds is 4. The summed E-state index contributed by atoms with van der Waals surface area (Å²) in [6, 6.07) is 13.6. The van der Waals surface area contributed by atoms with E-state index in [0.717, 1.165) is 6.07 Å². The third-order valence-corrected chi connectivity index (χ3v) is 5.82. The van der Waals surface area contributed by atoms with Gasteiger partial charge in [0.1, 0.15) is 11.6 Å². The number of carbonyl (C=O) groups is 1. The molecule has 5 rings (SSSR count). The number of aryl methyl sites for hydroxylation is 2. The van der Waals surface area contributed by atoms with Crippen molar-refractivity contribution in [3.8, 4) is 22.5 Å². The Kier molecular flexibility index (Phi) is 5.56. The van der Waals surface area contributed by atoms with Gasteiger partial charge in [0, 0.05) is 29.2 Å². The average molecular weight is 472 g/mol. The molecule has 0 bridgehead atoms. The van der Waals surface area contributed by atoms with Crippen molar-refractivity contribution in [3.05, 3.63) is 107 Å². The lowest BCUT2D eigenvalue weighted by atomic mass is 10.0. The molecule has 0 aliphatic heterocycles. The highest BCUT2D eigenvalue weighted by atomic mass is 19.2. The number of carbonyl (C=O) groups excluding carboxylic acids is 1. The molecular weight excluding hydrogens is 453 g/mol. The molecule has 174 valence electrons. The summed E-state index contributed by atoms with van der Waals surface area (Å²) >= 11 is 0. The molecule has 0 unspecified atom stereocenters. The van der Waals surface area contributed by atoms with Gasteiger partial charge in [-0.1, -0.05) is 12.1 Å². The summed E-state index contributed by atoms with van der Waals surface area (Å²) in [5.41, 5.74) is 3.80. The second kappa shape index (κ2) is 8.72. The molecule has 0 radical (unpaired) electrons. The van der Waals surface area contributed by atoms with E-state index in [2.05, 4.69) is 15.3 Å². The van der Waals surface area contributed by atoms with Gasteiger partial charge in [-0.3, -0.25) is 14.2 Å². The summed E-state index contributed by atoms with van der Waals surface area (Å²) in [5.74, 6) is -2.41. The minimum atomic E-state index is -0.975. The number of anilines is 1. The van der Waals surface area contributed by atoms with E-state index in [1.165, 1.54) is 24.3 Å². The molecule has 5 aromatic rings. The summed E-state index contributed by atoms with van der Waals surface area (Å²) in [4.78, 5) is 21.7. The second-order valence-electron chi connectivity index (χ2n) is 8.14. The van der Waals surface area contributed by atoms with Crippen molar-refractivity contribution in [2.24, 2.45) is 0 Å². The van der Waals surface area contributed by atoms with E-state index in [1.54, 1.807) is 55.0 Å². The fourth-order valence-corrected chi connectivity index (χ4v) is 3.97. The fourth-order valence-electron chi connectivity index (χ4n) is 3.97. The molecule has 1 amide bonds. The van der Waals surface area contributed by atoms with Crippen LogP contribution in [0.15, 0.2) is 73.2 Å². The van der Waals surface area contributed by atoms with Crippen LogP contribution >= 0.6 is 0 Å². The van der Waals surface area contributed by atoms with Crippen LogP contribution in [-0.2, 0) is 0 Å². The lowest BCUT2D eigenvalue weighted by Crippen LogP contribution is -2.14. The summed E-state index contributed by atoms with van der Waals surface area (Å²) in [6.07, 6.45) is 4.91. The standard InChI is InChI=1S/C27H19F3N4O/c1-15-11-18(8-9-22(15)28)33-27(35)21-12-17(13-31-16(21)2)19-6-4-10-34-24(19)14-32-26(34)20-5-3-7-23(29)25(20)30/h3-14H,1-2H3,(H,33,35). The number of nitrogens with one attached hydrogen (secondary N) is 1. The Hall–Kier alpha value is -4.46. The van der Waals surface area contributed by atoms with Crippen molar-refractivity contribution in [2.45, 2.75) is 13.8 Å². The maximum Gasteiger partial charge on any atom is 0.257 e. The Morgan fingerprint density at radius 2 is 1.69 bits per heavy atom. The molecule has 0 aliphatic rings. The zero-order chi connectivity index (χ0) is 24.7. The number of halogens is 3. The summed E-state index contributed by atoms with van der Waals surface area (Å²) in [6.45, 7) is 3.34. The molecule has 1 N–H and O–H groups in total. The van der Waals surface area contributed by atoms with E-state index in [9.17, 15) is 18.0 Å². The van der Waals surface area contributed by atoms with Crippen LogP contribution in [0.25, 0.3) is 28.0 Å². The lowest BCUT2D eigenvalue weighted by Gasteiger charge is -2.11. The largest absolute Gasteiger partial charge is 0.322 e. The highest BCUT2D eigenvalue weighted by Crippen LogP contribution is 2.30. The number of fused-ring (bicyclic) bond motifs is 1. The smallest absolute Gasteiger partial charge is 0.257 e. The quantitative estimate of drug-likeness (QED) is 0.332. The normalized spacial score (nSPS) is 11.1. The Labute approximate surface area is 198 Å². The Morgan fingerprint density at radius 1 is 0.886 bits per heavy atom. The first-order chi connectivity index (χ1) is 16.8. The summed E-state index contributed by atoms with van der Waals surface area (Å²) < 4.78 is 43.5. The molecule has 0 spiro atoms. The molecule has 5 nitrogen and oxygen atoms in total. The number of nitrogens with zero attached hydrogens (tertiary/aromatic N) is 3. The van der Waals surface area contributed by atoms with Crippen molar-refractivity contribution < 1.29 is 18.0 Å². The van der Waals surface area contributed by atoms with Gasteiger partial charge in [-0.05, 0) is 61.9 Å². The molecule has 35 heavy (non-hydrogen) atoms. The highest BCUT2D eigenvalue weighted by molar-refractivity contribution is 6.06.